The molecule has 2 aliphatic rings. The lowest BCUT2D eigenvalue weighted by Gasteiger charge is -2.34. The van der Waals surface area contributed by atoms with Gasteiger partial charge in [-0.15, -0.1) is 24.0 Å². The van der Waals surface area contributed by atoms with Gasteiger partial charge in [-0.2, -0.15) is 0 Å². The van der Waals surface area contributed by atoms with Gasteiger partial charge in [0.15, 0.2) is 5.96 Å². The van der Waals surface area contributed by atoms with Crippen LogP contribution in [0.3, 0.4) is 0 Å². The Morgan fingerprint density at radius 2 is 1.94 bits per heavy atom. The first-order valence-electron chi connectivity index (χ1n) is 11.5. The highest BCUT2D eigenvalue weighted by atomic mass is 127. The van der Waals surface area contributed by atoms with Crippen LogP contribution in [0.5, 0.6) is 5.75 Å². The number of morpholine rings is 1. The highest BCUT2D eigenvalue weighted by Crippen LogP contribution is 2.24. The molecule has 0 bridgehead atoms. The number of aliphatic imine (C=N–C) groups is 1. The van der Waals surface area contributed by atoms with Gasteiger partial charge >= 0.3 is 0 Å². The Morgan fingerprint density at radius 1 is 1.22 bits per heavy atom. The van der Waals surface area contributed by atoms with E-state index < -0.39 is 0 Å². The zero-order valence-electron chi connectivity index (χ0n) is 19.3. The zero-order chi connectivity index (χ0) is 21.9. The number of guanidine groups is 1. The summed E-state index contributed by atoms with van der Waals surface area (Å²) in [6, 6.07) is 8.84. The fourth-order valence-electron chi connectivity index (χ4n) is 3.65. The molecule has 1 saturated heterocycles. The molecule has 8 nitrogen and oxygen atoms in total. The fraction of sp³-hybridized carbons (Fsp3) is 0.652. The van der Waals surface area contributed by atoms with Gasteiger partial charge in [0.1, 0.15) is 5.75 Å². The summed E-state index contributed by atoms with van der Waals surface area (Å²) >= 11 is 0. The van der Waals surface area contributed by atoms with Crippen LogP contribution in [0, 0.1) is 0 Å². The fourth-order valence-corrected chi connectivity index (χ4v) is 3.65. The zero-order valence-corrected chi connectivity index (χ0v) is 21.6. The average molecular weight is 559 g/mol. The van der Waals surface area contributed by atoms with Gasteiger partial charge in [0.2, 0.25) is 5.91 Å². The standard InChI is InChI=1S/C23H37N5O3.HI/c1-3-24-23(25-12-4-5-22(29)27-19-8-9-19)26-17-21(28-13-15-31-16-14-28)18-6-10-20(30-2)11-7-18;/h6-7,10-11,19,21H,3-5,8-9,12-17H2,1-2H3,(H,27,29)(H2,24,25,26);1H. The van der Waals surface area contributed by atoms with E-state index >= 15 is 0 Å². The van der Waals surface area contributed by atoms with Crippen molar-refractivity contribution in [1.82, 2.24) is 20.9 Å². The Morgan fingerprint density at radius 3 is 2.56 bits per heavy atom. The number of ether oxygens (including phenoxy) is 2. The molecule has 1 aliphatic carbocycles. The molecule has 1 saturated carbocycles. The van der Waals surface area contributed by atoms with Crippen LogP contribution >= 0.6 is 24.0 Å². The highest BCUT2D eigenvalue weighted by Gasteiger charge is 2.23. The van der Waals surface area contributed by atoms with Crippen molar-refractivity contribution in [1.29, 1.82) is 0 Å². The third-order valence-corrected chi connectivity index (χ3v) is 5.57. The highest BCUT2D eigenvalue weighted by molar-refractivity contribution is 14.0. The predicted molar refractivity (Wildman–Crippen MR) is 138 cm³/mol. The molecule has 1 heterocycles. The van der Waals surface area contributed by atoms with Gasteiger partial charge < -0.3 is 25.4 Å². The molecule has 180 valence electrons. The molecule has 32 heavy (non-hydrogen) atoms. The Labute approximate surface area is 208 Å². The molecule has 1 aliphatic heterocycles. The molecule has 1 amide bonds. The second-order valence-corrected chi connectivity index (χ2v) is 8.03. The summed E-state index contributed by atoms with van der Waals surface area (Å²) in [5.74, 6) is 1.80. The van der Waals surface area contributed by atoms with Crippen LogP contribution in [-0.4, -0.2) is 75.9 Å². The van der Waals surface area contributed by atoms with E-state index in [1.807, 2.05) is 12.1 Å². The minimum absolute atomic E-state index is 0. The van der Waals surface area contributed by atoms with Crippen molar-refractivity contribution >= 4 is 35.8 Å². The quantitative estimate of drug-likeness (QED) is 0.167. The molecule has 1 aromatic carbocycles. The monoisotopic (exact) mass is 559 g/mol. The first-order chi connectivity index (χ1) is 15.2. The second kappa shape index (κ2) is 14.5. The number of amides is 1. The van der Waals surface area contributed by atoms with Crippen LogP contribution in [0.2, 0.25) is 0 Å². The minimum Gasteiger partial charge on any atom is -0.497 e. The third-order valence-electron chi connectivity index (χ3n) is 5.57. The van der Waals surface area contributed by atoms with Gasteiger partial charge in [0.25, 0.3) is 0 Å². The molecular weight excluding hydrogens is 521 g/mol. The summed E-state index contributed by atoms with van der Waals surface area (Å²) in [7, 11) is 1.68. The number of rotatable bonds is 11. The number of nitrogens with one attached hydrogen (secondary N) is 3. The first kappa shape index (κ1) is 26.7. The summed E-state index contributed by atoms with van der Waals surface area (Å²) in [6.07, 6.45) is 3.58. The lowest BCUT2D eigenvalue weighted by Crippen LogP contribution is -2.42. The predicted octanol–water partition coefficient (Wildman–Crippen LogP) is 2.30. The maximum Gasteiger partial charge on any atom is 0.220 e. The second-order valence-electron chi connectivity index (χ2n) is 8.03. The number of carbonyl (C=O) groups excluding carboxylic acids is 1. The number of benzene rings is 1. The lowest BCUT2D eigenvalue weighted by atomic mass is 10.0. The number of hydrogen-bond acceptors (Lipinski definition) is 5. The topological polar surface area (TPSA) is 87.2 Å². The van der Waals surface area contributed by atoms with Gasteiger partial charge in [-0.1, -0.05) is 12.1 Å². The molecule has 3 N–H and O–H groups in total. The summed E-state index contributed by atoms with van der Waals surface area (Å²) in [6.45, 7) is 7.49. The van der Waals surface area contributed by atoms with Crippen LogP contribution in [0.15, 0.2) is 29.3 Å². The summed E-state index contributed by atoms with van der Waals surface area (Å²) in [4.78, 5) is 19.1. The molecular formula is C23H38IN5O3. The van der Waals surface area contributed by atoms with Crippen LogP contribution in [0.25, 0.3) is 0 Å². The largest absolute Gasteiger partial charge is 0.497 e. The molecule has 2 fully saturated rings. The summed E-state index contributed by atoms with van der Waals surface area (Å²) in [5, 5.41) is 9.72. The molecule has 1 aromatic rings. The van der Waals surface area contributed by atoms with Crippen molar-refractivity contribution in [2.75, 3.05) is 53.0 Å². The van der Waals surface area contributed by atoms with Crippen molar-refractivity contribution in [3.63, 3.8) is 0 Å². The van der Waals surface area contributed by atoms with E-state index in [9.17, 15) is 4.79 Å². The maximum atomic E-state index is 11.8. The Balaban J connectivity index is 0.00000363. The molecule has 9 heteroatoms. The van der Waals surface area contributed by atoms with E-state index in [1.54, 1.807) is 7.11 Å². The molecule has 0 radical (unpaired) electrons. The van der Waals surface area contributed by atoms with Gasteiger partial charge in [-0.25, -0.2) is 0 Å². The van der Waals surface area contributed by atoms with E-state index in [-0.39, 0.29) is 35.9 Å². The Kier molecular flexibility index (Phi) is 12.1. The first-order valence-corrected chi connectivity index (χ1v) is 11.5. The van der Waals surface area contributed by atoms with E-state index in [0.29, 0.717) is 25.6 Å². The van der Waals surface area contributed by atoms with Crippen molar-refractivity contribution in [3.8, 4) is 5.75 Å². The Bertz CT molecular complexity index is 706. The smallest absolute Gasteiger partial charge is 0.220 e. The van der Waals surface area contributed by atoms with Crippen molar-refractivity contribution in [3.05, 3.63) is 29.8 Å². The molecule has 1 atom stereocenters. The van der Waals surface area contributed by atoms with E-state index in [4.69, 9.17) is 14.5 Å². The summed E-state index contributed by atoms with van der Waals surface area (Å²) in [5.41, 5.74) is 1.22. The number of methoxy groups -OCH3 is 1. The Hall–Kier alpha value is -1.59. The van der Waals surface area contributed by atoms with Crippen LogP contribution in [-0.2, 0) is 9.53 Å². The van der Waals surface area contributed by atoms with Crippen LogP contribution in [0.4, 0.5) is 0 Å². The van der Waals surface area contributed by atoms with Gasteiger partial charge in [0.05, 0.1) is 32.9 Å². The lowest BCUT2D eigenvalue weighted by molar-refractivity contribution is -0.121. The van der Waals surface area contributed by atoms with E-state index in [0.717, 1.165) is 63.8 Å². The van der Waals surface area contributed by atoms with E-state index in [1.165, 1.54) is 5.56 Å². The molecule has 1 unspecified atom stereocenters. The molecule has 3 rings (SSSR count). The third kappa shape index (κ3) is 9.11. The molecule has 0 spiro atoms. The van der Waals surface area contributed by atoms with Crippen molar-refractivity contribution in [2.45, 2.75) is 44.7 Å². The minimum atomic E-state index is 0. The van der Waals surface area contributed by atoms with Gasteiger partial charge in [-0.05, 0) is 43.9 Å². The van der Waals surface area contributed by atoms with Gasteiger partial charge in [-0.3, -0.25) is 14.7 Å². The number of nitrogens with zero attached hydrogens (tertiary/aromatic N) is 2. The van der Waals surface area contributed by atoms with Crippen LogP contribution in [0.1, 0.15) is 44.2 Å². The van der Waals surface area contributed by atoms with Crippen molar-refractivity contribution < 1.29 is 14.3 Å². The van der Waals surface area contributed by atoms with E-state index in [2.05, 4.69) is 39.9 Å². The summed E-state index contributed by atoms with van der Waals surface area (Å²) < 4.78 is 10.9. The maximum absolute atomic E-state index is 11.8. The van der Waals surface area contributed by atoms with Gasteiger partial charge in [0, 0.05) is 38.6 Å². The van der Waals surface area contributed by atoms with Crippen LogP contribution < -0.4 is 20.7 Å². The normalized spacial score (nSPS) is 17.8. The van der Waals surface area contributed by atoms with Crippen molar-refractivity contribution in [2.24, 2.45) is 4.99 Å². The molecule has 0 aromatic heterocycles. The number of halogens is 1. The number of carbonyl (C=O) groups is 1. The average Bonchev–Trinajstić information content (AvgIpc) is 3.61. The number of hydrogen-bond donors (Lipinski definition) is 3. The SMILES string of the molecule is CCNC(=NCC(c1ccc(OC)cc1)N1CCOCC1)NCCCC(=O)NC1CC1.I.